The van der Waals surface area contributed by atoms with E-state index < -0.39 is 0 Å². The van der Waals surface area contributed by atoms with Crippen molar-refractivity contribution in [1.82, 2.24) is 4.98 Å². The Kier molecular flexibility index (Phi) is 2.20. The van der Waals surface area contributed by atoms with Crippen molar-refractivity contribution in [1.29, 1.82) is 0 Å². The molecule has 0 unspecified atom stereocenters. The van der Waals surface area contributed by atoms with Crippen LogP contribution in [0.25, 0.3) is 10.8 Å². The van der Waals surface area contributed by atoms with Gasteiger partial charge in [-0.05, 0) is 62.1 Å². The second kappa shape index (κ2) is 3.58. The summed E-state index contributed by atoms with van der Waals surface area (Å²) in [5.74, 6) is 0. The fraction of sp³-hybridized carbons (Fsp3) is 0.400. The van der Waals surface area contributed by atoms with E-state index in [4.69, 9.17) is 0 Å². The third-order valence-electron chi connectivity index (χ3n) is 3.64. The predicted octanol–water partition coefficient (Wildman–Crippen LogP) is 3.73. The molecule has 1 heterocycles. The fourth-order valence-electron chi connectivity index (χ4n) is 2.97. The van der Waals surface area contributed by atoms with Crippen LogP contribution in [0.2, 0.25) is 0 Å². The van der Waals surface area contributed by atoms with Crippen LogP contribution < -0.4 is 0 Å². The molecule has 0 atom stereocenters. The van der Waals surface area contributed by atoms with Crippen LogP contribution in [0, 0.1) is 13.8 Å². The summed E-state index contributed by atoms with van der Waals surface area (Å²) in [6.07, 6.45) is 5.16. The predicted molar refractivity (Wildman–Crippen MR) is 67.9 cm³/mol. The van der Waals surface area contributed by atoms with Gasteiger partial charge in [0, 0.05) is 16.8 Å². The van der Waals surface area contributed by atoms with E-state index >= 15 is 0 Å². The molecule has 1 aromatic carbocycles. The molecule has 1 aliphatic carbocycles. The van der Waals surface area contributed by atoms with Gasteiger partial charge in [0.2, 0.25) is 0 Å². The number of benzene rings is 1. The lowest BCUT2D eigenvalue weighted by molar-refractivity contribution is 0.689. The number of nitrogens with zero attached hydrogens (tertiary/aromatic N) is 1. The van der Waals surface area contributed by atoms with Gasteiger partial charge in [-0.3, -0.25) is 4.98 Å². The molecule has 0 saturated carbocycles. The molecule has 0 spiro atoms. The Balaban J connectivity index is 2.38. The summed E-state index contributed by atoms with van der Waals surface area (Å²) in [6.45, 7) is 4.22. The third-order valence-corrected chi connectivity index (χ3v) is 3.64. The molecule has 0 N–H and O–H groups in total. The molecule has 2 aromatic rings. The van der Waals surface area contributed by atoms with Gasteiger partial charge in [-0.2, -0.15) is 0 Å². The van der Waals surface area contributed by atoms with Crippen molar-refractivity contribution < 1.29 is 0 Å². The molecule has 0 aliphatic heterocycles. The quantitative estimate of drug-likeness (QED) is 0.647. The maximum absolute atomic E-state index is 4.61. The van der Waals surface area contributed by atoms with Gasteiger partial charge in [0.05, 0.1) is 0 Å². The standard InChI is InChI=1S/C15H17N/c1-10-9-13-8-7-12-5-3-4-6-14(12)15(13)11(2)16-10/h7-9H,3-6H2,1-2H3. The second-order valence-electron chi connectivity index (χ2n) is 4.86. The van der Waals surface area contributed by atoms with Crippen molar-refractivity contribution in [3.8, 4) is 0 Å². The van der Waals surface area contributed by atoms with Crippen molar-refractivity contribution >= 4 is 10.8 Å². The molecule has 3 rings (SSSR count). The molecule has 82 valence electrons. The summed E-state index contributed by atoms with van der Waals surface area (Å²) in [4.78, 5) is 4.61. The lowest BCUT2D eigenvalue weighted by Gasteiger charge is -2.19. The van der Waals surface area contributed by atoms with Crippen molar-refractivity contribution in [2.45, 2.75) is 39.5 Å². The average molecular weight is 211 g/mol. The van der Waals surface area contributed by atoms with E-state index in [9.17, 15) is 0 Å². The minimum Gasteiger partial charge on any atom is -0.258 e. The summed E-state index contributed by atoms with van der Waals surface area (Å²) in [5, 5.41) is 2.79. The van der Waals surface area contributed by atoms with Crippen molar-refractivity contribution in [2.24, 2.45) is 0 Å². The Morgan fingerprint density at radius 2 is 1.88 bits per heavy atom. The van der Waals surface area contributed by atoms with Gasteiger partial charge < -0.3 is 0 Å². The van der Waals surface area contributed by atoms with Crippen LogP contribution >= 0.6 is 0 Å². The summed E-state index contributed by atoms with van der Waals surface area (Å²) in [6, 6.07) is 6.79. The van der Waals surface area contributed by atoms with Crippen LogP contribution in [-0.4, -0.2) is 4.98 Å². The lowest BCUT2D eigenvalue weighted by atomic mass is 9.87. The smallest absolute Gasteiger partial charge is 0.0457 e. The minimum absolute atomic E-state index is 1.13. The largest absolute Gasteiger partial charge is 0.258 e. The van der Waals surface area contributed by atoms with E-state index in [1.54, 1.807) is 11.1 Å². The third kappa shape index (κ3) is 1.42. The number of aromatic nitrogens is 1. The summed E-state index contributed by atoms with van der Waals surface area (Å²) < 4.78 is 0. The molecule has 16 heavy (non-hydrogen) atoms. The highest BCUT2D eigenvalue weighted by molar-refractivity contribution is 5.89. The first-order chi connectivity index (χ1) is 7.75. The second-order valence-corrected chi connectivity index (χ2v) is 4.86. The van der Waals surface area contributed by atoms with Gasteiger partial charge in [0.1, 0.15) is 0 Å². The first kappa shape index (κ1) is 9.83. The van der Waals surface area contributed by atoms with Gasteiger partial charge in [0.25, 0.3) is 0 Å². The number of pyridine rings is 1. The first-order valence-corrected chi connectivity index (χ1v) is 6.14. The fourth-order valence-corrected chi connectivity index (χ4v) is 2.97. The van der Waals surface area contributed by atoms with Crippen LogP contribution in [0.3, 0.4) is 0 Å². The molecule has 0 amide bonds. The molecular formula is C15H17N. The maximum Gasteiger partial charge on any atom is 0.0457 e. The number of aryl methyl sites for hydroxylation is 4. The topological polar surface area (TPSA) is 12.9 Å². The molecule has 0 radical (unpaired) electrons. The van der Waals surface area contributed by atoms with E-state index in [0.717, 1.165) is 5.69 Å². The van der Waals surface area contributed by atoms with Gasteiger partial charge in [-0.15, -0.1) is 0 Å². The summed E-state index contributed by atoms with van der Waals surface area (Å²) in [5.41, 5.74) is 5.44. The van der Waals surface area contributed by atoms with E-state index in [-0.39, 0.29) is 0 Å². The van der Waals surface area contributed by atoms with Gasteiger partial charge in [-0.25, -0.2) is 0 Å². The van der Waals surface area contributed by atoms with Gasteiger partial charge in [0.15, 0.2) is 0 Å². The molecule has 0 bridgehead atoms. The molecular weight excluding hydrogens is 194 g/mol. The van der Waals surface area contributed by atoms with Gasteiger partial charge >= 0.3 is 0 Å². The number of hydrogen-bond donors (Lipinski definition) is 0. The summed E-state index contributed by atoms with van der Waals surface area (Å²) >= 11 is 0. The lowest BCUT2D eigenvalue weighted by Crippen LogP contribution is -2.04. The highest BCUT2D eigenvalue weighted by atomic mass is 14.7. The Labute approximate surface area is 96.5 Å². The van der Waals surface area contributed by atoms with E-state index in [1.165, 1.54) is 42.1 Å². The normalized spacial score (nSPS) is 15.1. The van der Waals surface area contributed by atoms with Crippen LogP contribution in [0.4, 0.5) is 0 Å². The first-order valence-electron chi connectivity index (χ1n) is 6.14. The highest BCUT2D eigenvalue weighted by Crippen LogP contribution is 2.30. The van der Waals surface area contributed by atoms with Crippen molar-refractivity contribution in [2.75, 3.05) is 0 Å². The van der Waals surface area contributed by atoms with Crippen LogP contribution in [0.15, 0.2) is 18.2 Å². The van der Waals surface area contributed by atoms with E-state index in [0.29, 0.717) is 0 Å². The van der Waals surface area contributed by atoms with Gasteiger partial charge in [-0.1, -0.05) is 12.1 Å². The van der Waals surface area contributed by atoms with Crippen LogP contribution in [0.1, 0.15) is 35.4 Å². The van der Waals surface area contributed by atoms with E-state index in [2.05, 4.69) is 37.0 Å². The zero-order valence-electron chi connectivity index (χ0n) is 10.0. The Morgan fingerprint density at radius 1 is 1.06 bits per heavy atom. The molecule has 0 fully saturated rings. The number of fused-ring (bicyclic) bond motifs is 3. The SMILES string of the molecule is Cc1cc2ccc3c(c2c(C)n1)CCCC3. The zero-order valence-corrected chi connectivity index (χ0v) is 10.0. The molecule has 1 aromatic heterocycles. The average Bonchev–Trinajstić information content (AvgIpc) is 2.28. The molecule has 1 aliphatic rings. The monoisotopic (exact) mass is 211 g/mol. The molecule has 1 heteroatoms. The number of rotatable bonds is 0. The molecule has 0 saturated heterocycles. The summed E-state index contributed by atoms with van der Waals surface area (Å²) in [7, 11) is 0. The Morgan fingerprint density at radius 3 is 2.75 bits per heavy atom. The number of hydrogen-bond acceptors (Lipinski definition) is 1. The minimum atomic E-state index is 1.13. The van der Waals surface area contributed by atoms with Crippen molar-refractivity contribution in [3.05, 3.63) is 40.7 Å². The zero-order chi connectivity index (χ0) is 11.1. The van der Waals surface area contributed by atoms with Crippen LogP contribution in [0.5, 0.6) is 0 Å². The Hall–Kier alpha value is -1.37. The van der Waals surface area contributed by atoms with E-state index in [1.807, 2.05) is 0 Å². The van der Waals surface area contributed by atoms with Crippen molar-refractivity contribution in [3.63, 3.8) is 0 Å². The molecule has 1 nitrogen and oxygen atoms in total. The van der Waals surface area contributed by atoms with Crippen LogP contribution in [-0.2, 0) is 12.8 Å². The Bertz CT molecular complexity index is 555. The maximum atomic E-state index is 4.61. The highest BCUT2D eigenvalue weighted by Gasteiger charge is 2.14.